The molecule has 3 N–H and O–H groups in total. The number of aromatic nitrogens is 1. The summed E-state index contributed by atoms with van der Waals surface area (Å²) in [5, 5.41) is 9.69. The Labute approximate surface area is 212 Å². The molecule has 0 bridgehead atoms. The number of carbonyl (C=O) groups is 1. The second kappa shape index (κ2) is 13.3. The van der Waals surface area contributed by atoms with E-state index in [1.165, 1.54) is 6.07 Å². The van der Waals surface area contributed by atoms with E-state index >= 15 is 0 Å². The second-order valence-electron chi connectivity index (χ2n) is 8.06. The molecule has 2 aromatic rings. The predicted octanol–water partition coefficient (Wildman–Crippen LogP) is 3.70. The van der Waals surface area contributed by atoms with Gasteiger partial charge in [-0.15, -0.1) is 24.0 Å². The van der Waals surface area contributed by atoms with Crippen LogP contribution in [0.4, 0.5) is 10.2 Å². The van der Waals surface area contributed by atoms with E-state index in [1.807, 2.05) is 49.9 Å². The Bertz CT molecular complexity index is 923. The molecular weight excluding hydrogens is 534 g/mol. The van der Waals surface area contributed by atoms with Crippen molar-refractivity contribution in [1.82, 2.24) is 20.9 Å². The minimum Gasteiger partial charge on any atom is -0.357 e. The minimum absolute atomic E-state index is 0. The molecule has 2 heterocycles. The Kier molecular flexibility index (Phi) is 10.8. The van der Waals surface area contributed by atoms with Crippen LogP contribution >= 0.6 is 24.0 Å². The van der Waals surface area contributed by atoms with Gasteiger partial charge in [-0.05, 0) is 56.5 Å². The van der Waals surface area contributed by atoms with Crippen LogP contribution in [-0.4, -0.2) is 48.6 Å². The summed E-state index contributed by atoms with van der Waals surface area (Å²) in [6.07, 6.45) is 3.39. The van der Waals surface area contributed by atoms with Crippen LogP contribution < -0.4 is 20.9 Å². The average molecular weight is 568 g/mol. The quantitative estimate of drug-likeness (QED) is 0.257. The van der Waals surface area contributed by atoms with Crippen molar-refractivity contribution in [1.29, 1.82) is 0 Å². The first-order chi connectivity index (χ1) is 15.5. The maximum atomic E-state index is 14.0. The van der Waals surface area contributed by atoms with Crippen LogP contribution in [0, 0.1) is 5.82 Å². The highest BCUT2D eigenvalue weighted by Gasteiger charge is 2.25. The molecule has 1 aliphatic rings. The molecule has 1 aliphatic heterocycles. The normalized spacial score (nSPS) is 16.7. The third kappa shape index (κ3) is 7.83. The molecule has 33 heavy (non-hydrogen) atoms. The standard InChI is InChI=1S/C24H33FN6O.HI/c1-4-17(3)29-23(32)19-10-8-18(9-11-19)15-28-24(26-5-2)30-20-12-14-31(16-20)22-21(25)7-6-13-27-22;/h6-11,13,17,20H,4-5,12,14-16H2,1-3H3,(H,29,32)(H2,26,28,30);1H. The number of nitrogens with zero attached hydrogens (tertiary/aromatic N) is 3. The van der Waals surface area contributed by atoms with Crippen molar-refractivity contribution < 1.29 is 9.18 Å². The molecule has 0 spiro atoms. The molecule has 180 valence electrons. The van der Waals surface area contributed by atoms with Crippen LogP contribution in [0.3, 0.4) is 0 Å². The van der Waals surface area contributed by atoms with Gasteiger partial charge in [0.05, 0.1) is 6.54 Å². The number of carbonyl (C=O) groups excluding carboxylic acids is 1. The molecule has 0 saturated carbocycles. The van der Waals surface area contributed by atoms with Gasteiger partial charge in [-0.25, -0.2) is 14.4 Å². The van der Waals surface area contributed by atoms with Gasteiger partial charge in [0, 0.05) is 43.5 Å². The fraction of sp³-hybridized carbons (Fsp3) is 0.458. The van der Waals surface area contributed by atoms with Gasteiger partial charge in [-0.1, -0.05) is 19.1 Å². The number of aliphatic imine (C=N–C) groups is 1. The highest BCUT2D eigenvalue weighted by atomic mass is 127. The second-order valence-corrected chi connectivity index (χ2v) is 8.06. The van der Waals surface area contributed by atoms with Crippen molar-refractivity contribution >= 4 is 41.7 Å². The van der Waals surface area contributed by atoms with Crippen molar-refractivity contribution in [3.05, 3.63) is 59.5 Å². The van der Waals surface area contributed by atoms with Gasteiger partial charge >= 0.3 is 0 Å². The average Bonchev–Trinajstić information content (AvgIpc) is 3.26. The highest BCUT2D eigenvalue weighted by Crippen LogP contribution is 2.20. The molecule has 9 heteroatoms. The number of guanidine groups is 1. The lowest BCUT2D eigenvalue weighted by atomic mass is 10.1. The zero-order valence-corrected chi connectivity index (χ0v) is 21.8. The number of rotatable bonds is 8. The molecule has 1 aromatic carbocycles. The number of nitrogens with one attached hydrogen (secondary N) is 3. The van der Waals surface area contributed by atoms with E-state index < -0.39 is 0 Å². The lowest BCUT2D eigenvalue weighted by Gasteiger charge is -2.20. The Balaban J connectivity index is 0.00000385. The summed E-state index contributed by atoms with van der Waals surface area (Å²) in [6, 6.07) is 10.9. The van der Waals surface area contributed by atoms with E-state index in [-0.39, 0.29) is 47.8 Å². The Hall–Kier alpha value is -2.43. The largest absolute Gasteiger partial charge is 0.357 e. The van der Waals surface area contributed by atoms with Gasteiger partial charge < -0.3 is 20.9 Å². The number of amides is 1. The molecule has 1 amide bonds. The van der Waals surface area contributed by atoms with Crippen LogP contribution in [0.5, 0.6) is 0 Å². The maximum absolute atomic E-state index is 14.0. The first-order valence-corrected chi connectivity index (χ1v) is 11.3. The smallest absolute Gasteiger partial charge is 0.251 e. The number of halogens is 2. The third-order valence-corrected chi connectivity index (χ3v) is 5.54. The maximum Gasteiger partial charge on any atom is 0.251 e. The van der Waals surface area contributed by atoms with E-state index in [2.05, 4.69) is 25.9 Å². The van der Waals surface area contributed by atoms with E-state index in [1.54, 1.807) is 12.3 Å². The van der Waals surface area contributed by atoms with E-state index in [9.17, 15) is 9.18 Å². The van der Waals surface area contributed by atoms with Gasteiger partial charge in [-0.3, -0.25) is 4.79 Å². The zero-order chi connectivity index (χ0) is 22.9. The summed E-state index contributed by atoms with van der Waals surface area (Å²) in [7, 11) is 0. The summed E-state index contributed by atoms with van der Waals surface area (Å²) in [5.74, 6) is 0.769. The molecule has 1 fully saturated rings. The summed E-state index contributed by atoms with van der Waals surface area (Å²) in [4.78, 5) is 23.0. The van der Waals surface area contributed by atoms with Gasteiger partial charge in [0.2, 0.25) is 0 Å². The van der Waals surface area contributed by atoms with Crippen LogP contribution in [0.25, 0.3) is 0 Å². The summed E-state index contributed by atoms with van der Waals surface area (Å²) in [5.41, 5.74) is 1.67. The van der Waals surface area contributed by atoms with Crippen molar-refractivity contribution in [2.45, 2.75) is 52.2 Å². The number of anilines is 1. The number of pyridine rings is 1. The number of benzene rings is 1. The fourth-order valence-corrected chi connectivity index (χ4v) is 3.53. The Morgan fingerprint density at radius 2 is 2.03 bits per heavy atom. The van der Waals surface area contributed by atoms with Crippen molar-refractivity contribution in [2.75, 3.05) is 24.5 Å². The highest BCUT2D eigenvalue weighted by molar-refractivity contribution is 14.0. The SMILES string of the molecule is CCNC(=NCc1ccc(C(=O)NC(C)CC)cc1)NC1CCN(c2ncccc2F)C1.I. The Morgan fingerprint density at radius 1 is 1.27 bits per heavy atom. The van der Waals surface area contributed by atoms with Crippen molar-refractivity contribution in [3.63, 3.8) is 0 Å². The molecule has 7 nitrogen and oxygen atoms in total. The monoisotopic (exact) mass is 568 g/mol. The van der Waals surface area contributed by atoms with E-state index in [0.29, 0.717) is 24.5 Å². The van der Waals surface area contributed by atoms with Crippen LogP contribution in [0.1, 0.15) is 49.5 Å². The van der Waals surface area contributed by atoms with E-state index in [0.717, 1.165) is 37.5 Å². The van der Waals surface area contributed by atoms with Crippen LogP contribution in [0.2, 0.25) is 0 Å². The van der Waals surface area contributed by atoms with Crippen molar-refractivity contribution in [2.24, 2.45) is 4.99 Å². The van der Waals surface area contributed by atoms with Gasteiger partial charge in [0.25, 0.3) is 5.91 Å². The molecule has 2 atom stereocenters. The Morgan fingerprint density at radius 3 is 2.70 bits per heavy atom. The summed E-state index contributed by atoms with van der Waals surface area (Å²) < 4.78 is 14.0. The molecule has 1 aromatic heterocycles. The van der Waals surface area contributed by atoms with Gasteiger partial charge in [0.1, 0.15) is 0 Å². The predicted molar refractivity (Wildman–Crippen MR) is 142 cm³/mol. The molecule has 1 saturated heterocycles. The summed E-state index contributed by atoms with van der Waals surface area (Å²) in [6.45, 7) is 8.70. The first-order valence-electron chi connectivity index (χ1n) is 11.3. The molecule has 3 rings (SSSR count). The van der Waals surface area contributed by atoms with Crippen LogP contribution in [0.15, 0.2) is 47.6 Å². The molecule has 2 unspecified atom stereocenters. The molecule has 0 aliphatic carbocycles. The topological polar surface area (TPSA) is 81.6 Å². The minimum atomic E-state index is -0.296. The van der Waals surface area contributed by atoms with Gasteiger partial charge in [-0.2, -0.15) is 0 Å². The van der Waals surface area contributed by atoms with Crippen molar-refractivity contribution in [3.8, 4) is 0 Å². The van der Waals surface area contributed by atoms with Gasteiger partial charge in [0.15, 0.2) is 17.6 Å². The molecular formula is C24H34FIN6O. The zero-order valence-electron chi connectivity index (χ0n) is 19.5. The first kappa shape index (κ1) is 26.8. The third-order valence-electron chi connectivity index (χ3n) is 5.54. The van der Waals surface area contributed by atoms with Crippen LogP contribution in [-0.2, 0) is 6.54 Å². The van der Waals surface area contributed by atoms with E-state index in [4.69, 9.17) is 0 Å². The number of hydrogen-bond acceptors (Lipinski definition) is 4. The molecule has 0 radical (unpaired) electrons. The lowest BCUT2D eigenvalue weighted by Crippen LogP contribution is -2.44. The number of hydrogen-bond donors (Lipinski definition) is 3. The lowest BCUT2D eigenvalue weighted by molar-refractivity contribution is 0.0939. The summed E-state index contributed by atoms with van der Waals surface area (Å²) >= 11 is 0. The fourth-order valence-electron chi connectivity index (χ4n) is 3.53.